The molecule has 1 spiro atoms. The molecular formula is C10H19ClN2O. The first-order chi connectivity index (χ1) is 6.35. The highest BCUT2D eigenvalue weighted by molar-refractivity contribution is 5.85. The van der Waals surface area contributed by atoms with Crippen LogP contribution in [0.15, 0.2) is 0 Å². The van der Waals surface area contributed by atoms with Crippen molar-refractivity contribution >= 4 is 18.7 Å². The minimum absolute atomic E-state index is 0. The van der Waals surface area contributed by atoms with Crippen LogP contribution in [0.1, 0.15) is 19.3 Å². The molecular weight excluding hydrogens is 200 g/mol. The lowest BCUT2D eigenvalue weighted by Crippen LogP contribution is -2.38. The number of hydrogen-bond acceptors (Lipinski definition) is 3. The molecule has 0 aromatic rings. The lowest BCUT2D eigenvalue weighted by atomic mass is 9.78. The van der Waals surface area contributed by atoms with E-state index >= 15 is 0 Å². The fraction of sp³-hybridized carbons (Fsp3) is 0.900. The van der Waals surface area contributed by atoms with Gasteiger partial charge in [-0.1, -0.05) is 0 Å². The summed E-state index contributed by atoms with van der Waals surface area (Å²) in [5.74, 6) is 0. The zero-order valence-electron chi connectivity index (χ0n) is 8.50. The van der Waals surface area contributed by atoms with Gasteiger partial charge in [-0.2, -0.15) is 0 Å². The molecule has 0 amide bonds. The topological polar surface area (TPSA) is 32.3 Å². The molecule has 0 radical (unpaired) electrons. The van der Waals surface area contributed by atoms with E-state index in [1.165, 1.54) is 19.3 Å². The van der Waals surface area contributed by atoms with Gasteiger partial charge in [-0.25, -0.2) is 0 Å². The fourth-order valence-corrected chi connectivity index (χ4v) is 2.65. The average Bonchev–Trinajstić information content (AvgIpc) is 2.51. The van der Waals surface area contributed by atoms with Crippen molar-refractivity contribution in [3.05, 3.63) is 0 Å². The van der Waals surface area contributed by atoms with Crippen LogP contribution in [0.25, 0.3) is 0 Å². The van der Waals surface area contributed by atoms with Crippen LogP contribution in [0, 0.1) is 5.41 Å². The van der Waals surface area contributed by atoms with E-state index in [1.54, 1.807) is 0 Å². The van der Waals surface area contributed by atoms with Crippen molar-refractivity contribution in [2.75, 3.05) is 32.7 Å². The second kappa shape index (κ2) is 5.10. The van der Waals surface area contributed by atoms with Gasteiger partial charge in [0.25, 0.3) is 0 Å². The molecule has 0 aromatic carbocycles. The van der Waals surface area contributed by atoms with Gasteiger partial charge in [-0.15, -0.1) is 12.4 Å². The normalized spacial score (nSPS) is 26.0. The summed E-state index contributed by atoms with van der Waals surface area (Å²) in [6.45, 7) is 5.23. The lowest BCUT2D eigenvalue weighted by Gasteiger charge is -2.33. The molecule has 2 rings (SSSR count). The highest BCUT2D eigenvalue weighted by atomic mass is 35.5. The number of likely N-dealkylation sites (tertiary alicyclic amines) is 1. The minimum atomic E-state index is 0. The van der Waals surface area contributed by atoms with E-state index in [2.05, 4.69) is 10.2 Å². The van der Waals surface area contributed by atoms with Crippen molar-refractivity contribution in [1.29, 1.82) is 0 Å². The summed E-state index contributed by atoms with van der Waals surface area (Å²) in [7, 11) is 0. The van der Waals surface area contributed by atoms with Crippen LogP contribution in [0.2, 0.25) is 0 Å². The van der Waals surface area contributed by atoms with Crippen molar-refractivity contribution in [1.82, 2.24) is 10.2 Å². The lowest BCUT2D eigenvalue weighted by molar-refractivity contribution is -0.108. The molecule has 0 unspecified atom stereocenters. The Morgan fingerprint density at radius 3 is 2.64 bits per heavy atom. The zero-order chi connectivity index (χ0) is 9.15. The fourth-order valence-electron chi connectivity index (χ4n) is 2.65. The monoisotopic (exact) mass is 218 g/mol. The first-order valence-corrected chi connectivity index (χ1v) is 5.21. The van der Waals surface area contributed by atoms with Crippen molar-refractivity contribution in [2.24, 2.45) is 5.41 Å². The number of halogens is 1. The Morgan fingerprint density at radius 2 is 2.00 bits per heavy atom. The van der Waals surface area contributed by atoms with Crippen molar-refractivity contribution in [2.45, 2.75) is 19.3 Å². The van der Waals surface area contributed by atoms with Crippen LogP contribution >= 0.6 is 12.4 Å². The molecule has 82 valence electrons. The molecule has 0 aliphatic carbocycles. The van der Waals surface area contributed by atoms with Gasteiger partial charge in [0.2, 0.25) is 0 Å². The van der Waals surface area contributed by atoms with Gasteiger partial charge >= 0.3 is 0 Å². The van der Waals surface area contributed by atoms with E-state index in [4.69, 9.17) is 0 Å². The first-order valence-electron chi connectivity index (χ1n) is 5.21. The summed E-state index contributed by atoms with van der Waals surface area (Å²) >= 11 is 0. The summed E-state index contributed by atoms with van der Waals surface area (Å²) in [5.41, 5.74) is 0.550. The summed E-state index contributed by atoms with van der Waals surface area (Å²) in [6, 6.07) is 0. The van der Waals surface area contributed by atoms with Gasteiger partial charge in [0.1, 0.15) is 6.29 Å². The van der Waals surface area contributed by atoms with Crippen molar-refractivity contribution in [3.63, 3.8) is 0 Å². The van der Waals surface area contributed by atoms with E-state index in [9.17, 15) is 4.79 Å². The van der Waals surface area contributed by atoms with Crippen LogP contribution in [-0.2, 0) is 4.79 Å². The van der Waals surface area contributed by atoms with E-state index < -0.39 is 0 Å². The maximum Gasteiger partial charge on any atom is 0.133 e. The van der Waals surface area contributed by atoms with Crippen LogP contribution in [0.4, 0.5) is 0 Å². The second-order valence-electron chi connectivity index (χ2n) is 4.40. The number of rotatable bonds is 2. The highest BCUT2D eigenvalue weighted by Gasteiger charge is 2.38. The maximum absolute atomic E-state index is 10.4. The van der Waals surface area contributed by atoms with Crippen molar-refractivity contribution in [3.8, 4) is 0 Å². The molecule has 0 saturated carbocycles. The zero-order valence-corrected chi connectivity index (χ0v) is 9.31. The van der Waals surface area contributed by atoms with Gasteiger partial charge in [0.05, 0.1) is 6.54 Å². The quantitative estimate of drug-likeness (QED) is 0.692. The largest absolute Gasteiger partial charge is 0.317 e. The Morgan fingerprint density at radius 1 is 1.29 bits per heavy atom. The molecule has 0 bridgehead atoms. The molecule has 2 fully saturated rings. The van der Waals surface area contributed by atoms with E-state index in [1.807, 2.05) is 0 Å². The van der Waals surface area contributed by atoms with Gasteiger partial charge in [-0.3, -0.25) is 4.90 Å². The minimum Gasteiger partial charge on any atom is -0.317 e. The summed E-state index contributed by atoms with van der Waals surface area (Å²) < 4.78 is 0. The van der Waals surface area contributed by atoms with E-state index in [0.717, 1.165) is 32.5 Å². The molecule has 2 saturated heterocycles. The summed E-state index contributed by atoms with van der Waals surface area (Å²) in [6.07, 6.45) is 4.91. The molecule has 14 heavy (non-hydrogen) atoms. The van der Waals surface area contributed by atoms with Crippen LogP contribution < -0.4 is 5.32 Å². The average molecular weight is 219 g/mol. The van der Waals surface area contributed by atoms with E-state index in [0.29, 0.717) is 12.0 Å². The SMILES string of the molecule is Cl.O=CCN1CCC2(CCNCC2)C1. The Hall–Kier alpha value is -0.120. The summed E-state index contributed by atoms with van der Waals surface area (Å²) in [5, 5.41) is 3.39. The van der Waals surface area contributed by atoms with Gasteiger partial charge in [0.15, 0.2) is 0 Å². The van der Waals surface area contributed by atoms with Crippen LogP contribution in [0.5, 0.6) is 0 Å². The predicted octanol–water partition coefficient (Wildman–Crippen LogP) is 0.683. The molecule has 2 aliphatic heterocycles. The smallest absolute Gasteiger partial charge is 0.133 e. The molecule has 2 heterocycles. The molecule has 3 nitrogen and oxygen atoms in total. The Kier molecular flexibility index (Phi) is 4.35. The number of piperidine rings is 1. The standard InChI is InChI=1S/C10H18N2O.ClH/c13-8-7-12-6-3-10(9-12)1-4-11-5-2-10;/h8,11H,1-7,9H2;1H. The molecule has 0 atom stereocenters. The van der Waals surface area contributed by atoms with E-state index in [-0.39, 0.29) is 12.4 Å². The van der Waals surface area contributed by atoms with Crippen molar-refractivity contribution < 1.29 is 4.79 Å². The number of carbonyl (C=O) groups is 1. The number of nitrogens with zero attached hydrogens (tertiary/aromatic N) is 1. The van der Waals surface area contributed by atoms with Gasteiger partial charge in [0, 0.05) is 6.54 Å². The highest BCUT2D eigenvalue weighted by Crippen LogP contribution is 2.38. The Balaban J connectivity index is 0.000000980. The maximum atomic E-state index is 10.4. The van der Waals surface area contributed by atoms with Gasteiger partial charge < -0.3 is 10.1 Å². The third-order valence-electron chi connectivity index (χ3n) is 3.51. The molecule has 0 aromatic heterocycles. The number of nitrogens with one attached hydrogen (secondary N) is 1. The third kappa shape index (κ3) is 2.47. The number of aldehydes is 1. The Labute approximate surface area is 91.6 Å². The second-order valence-corrected chi connectivity index (χ2v) is 4.40. The van der Waals surface area contributed by atoms with Crippen LogP contribution in [-0.4, -0.2) is 43.9 Å². The molecule has 1 N–H and O–H groups in total. The molecule has 2 aliphatic rings. The number of carbonyl (C=O) groups excluding carboxylic acids is 1. The Bertz CT molecular complexity index is 193. The number of hydrogen-bond donors (Lipinski definition) is 1. The van der Waals surface area contributed by atoms with Crippen LogP contribution in [0.3, 0.4) is 0 Å². The predicted molar refractivity (Wildman–Crippen MR) is 58.9 cm³/mol. The summed E-state index contributed by atoms with van der Waals surface area (Å²) in [4.78, 5) is 12.7. The molecule has 4 heteroatoms. The third-order valence-corrected chi connectivity index (χ3v) is 3.51. The van der Waals surface area contributed by atoms with Gasteiger partial charge in [-0.05, 0) is 44.3 Å². The first kappa shape index (κ1) is 12.0.